The van der Waals surface area contributed by atoms with Crippen LogP contribution in [0.25, 0.3) is 0 Å². The van der Waals surface area contributed by atoms with Gasteiger partial charge in [-0.15, -0.1) is 0 Å². The molecule has 0 radical (unpaired) electrons. The summed E-state index contributed by atoms with van der Waals surface area (Å²) >= 11 is 6.30. The van der Waals surface area contributed by atoms with E-state index < -0.39 is 29.3 Å². The van der Waals surface area contributed by atoms with Crippen molar-refractivity contribution in [2.75, 3.05) is 20.6 Å². The lowest BCUT2D eigenvalue weighted by Crippen LogP contribution is -2.42. The van der Waals surface area contributed by atoms with E-state index in [1.165, 1.54) is 18.5 Å². The summed E-state index contributed by atoms with van der Waals surface area (Å²) in [7, 11) is 3.67. The van der Waals surface area contributed by atoms with Crippen LogP contribution in [0.4, 0.5) is 13.2 Å². The van der Waals surface area contributed by atoms with Crippen LogP contribution in [-0.4, -0.2) is 54.6 Å². The second-order valence-electron chi connectivity index (χ2n) is 8.99. The first-order valence-electron chi connectivity index (χ1n) is 10.9. The number of aromatic nitrogens is 1. The maximum Gasteiger partial charge on any atom is 0.395 e. The largest absolute Gasteiger partial charge is 0.395 e. The number of pyridine rings is 1. The van der Waals surface area contributed by atoms with Crippen LogP contribution >= 0.6 is 11.6 Å². The number of nitrogens with one attached hydrogen (secondary N) is 1. The maximum absolute atomic E-state index is 13.9. The van der Waals surface area contributed by atoms with E-state index in [1.807, 2.05) is 19.0 Å². The molecule has 1 heterocycles. The molecule has 0 saturated heterocycles. The lowest BCUT2D eigenvalue weighted by atomic mass is 9.80. The predicted molar refractivity (Wildman–Crippen MR) is 123 cm³/mol. The third-order valence-electron chi connectivity index (χ3n) is 6.55. The van der Waals surface area contributed by atoms with Gasteiger partial charge in [0.1, 0.15) is 0 Å². The van der Waals surface area contributed by atoms with E-state index in [9.17, 15) is 22.8 Å². The number of nitrogens with two attached hydrogens (primary N) is 1. The van der Waals surface area contributed by atoms with Crippen LogP contribution in [0.15, 0.2) is 42.7 Å². The Morgan fingerprint density at radius 1 is 1.26 bits per heavy atom. The van der Waals surface area contributed by atoms with Crippen molar-refractivity contribution in [1.82, 2.24) is 15.2 Å². The van der Waals surface area contributed by atoms with E-state index in [0.717, 1.165) is 5.56 Å². The first kappa shape index (κ1) is 26.0. The van der Waals surface area contributed by atoms with Gasteiger partial charge in [0.25, 0.3) is 0 Å². The molecule has 34 heavy (non-hydrogen) atoms. The van der Waals surface area contributed by atoms with Crippen molar-refractivity contribution in [3.05, 3.63) is 64.4 Å². The first-order chi connectivity index (χ1) is 15.9. The molecule has 1 saturated carbocycles. The molecule has 2 aromatic rings. The summed E-state index contributed by atoms with van der Waals surface area (Å²) in [5, 5.41) is 3.18. The van der Waals surface area contributed by atoms with Crippen molar-refractivity contribution >= 4 is 23.4 Å². The Hall–Kier alpha value is -2.65. The Labute approximate surface area is 201 Å². The monoisotopic (exact) mass is 496 g/mol. The van der Waals surface area contributed by atoms with E-state index in [1.54, 1.807) is 24.3 Å². The Balaban J connectivity index is 1.69. The average Bonchev–Trinajstić information content (AvgIpc) is 3.58. The highest BCUT2D eigenvalue weighted by atomic mass is 35.5. The van der Waals surface area contributed by atoms with Crippen molar-refractivity contribution < 1.29 is 22.8 Å². The Bertz CT molecular complexity index is 1030. The summed E-state index contributed by atoms with van der Waals surface area (Å²) in [5.41, 5.74) is 4.87. The number of rotatable bonds is 10. The van der Waals surface area contributed by atoms with Crippen molar-refractivity contribution in [2.24, 2.45) is 11.1 Å². The molecule has 1 aromatic carbocycles. The van der Waals surface area contributed by atoms with Crippen LogP contribution in [0, 0.1) is 5.41 Å². The lowest BCUT2D eigenvalue weighted by Gasteiger charge is -2.30. The molecule has 184 valence electrons. The fourth-order valence-electron chi connectivity index (χ4n) is 4.23. The molecule has 1 aliphatic carbocycles. The summed E-state index contributed by atoms with van der Waals surface area (Å²) in [5.74, 6) is -2.03. The number of amides is 2. The summed E-state index contributed by atoms with van der Waals surface area (Å²) in [6.45, 7) is 0.221. The number of carbonyl (C=O) groups is 2. The van der Waals surface area contributed by atoms with Gasteiger partial charge in [-0.25, -0.2) is 0 Å². The van der Waals surface area contributed by atoms with E-state index in [0.29, 0.717) is 22.6 Å². The van der Waals surface area contributed by atoms with Gasteiger partial charge in [-0.3, -0.25) is 14.6 Å². The normalized spacial score (nSPS) is 16.7. The van der Waals surface area contributed by atoms with Gasteiger partial charge in [-0.2, -0.15) is 13.2 Å². The summed E-state index contributed by atoms with van der Waals surface area (Å²) in [4.78, 5) is 30.0. The number of nitrogens with zero attached hydrogens (tertiary/aromatic N) is 2. The number of benzene rings is 1. The predicted octanol–water partition coefficient (Wildman–Crippen LogP) is 3.94. The zero-order valence-corrected chi connectivity index (χ0v) is 19.8. The van der Waals surface area contributed by atoms with Gasteiger partial charge in [0.05, 0.1) is 5.41 Å². The molecular weight excluding hydrogens is 469 g/mol. The standard InChI is InChI=1S/C24H28ClF3N4O2/c1-32(2)18(10-15-5-6-16(22(29)34)11-20(15)25)14-31-21(33)12-19(17-4-3-9-30-13-17)23(7-8-23)24(26,27)28/h3-6,9,11,13,18-19H,7-8,10,12,14H2,1-2H3,(H2,29,34)(H,31,33)/t18-,19-/m0/s1. The van der Waals surface area contributed by atoms with Crippen molar-refractivity contribution in [3.63, 3.8) is 0 Å². The van der Waals surface area contributed by atoms with Crippen LogP contribution in [0.2, 0.25) is 5.02 Å². The number of hydrogen-bond acceptors (Lipinski definition) is 4. The Morgan fingerprint density at radius 3 is 2.47 bits per heavy atom. The SMILES string of the molecule is CN(C)[C@H](CNC(=O)C[C@@H](c1cccnc1)C1(C(F)(F)F)CC1)Cc1ccc(C(N)=O)cc1Cl. The van der Waals surface area contributed by atoms with Gasteiger partial charge in [-0.1, -0.05) is 23.7 Å². The first-order valence-corrected chi connectivity index (χ1v) is 11.3. The van der Waals surface area contributed by atoms with Crippen LogP contribution in [-0.2, 0) is 11.2 Å². The van der Waals surface area contributed by atoms with E-state index in [4.69, 9.17) is 17.3 Å². The van der Waals surface area contributed by atoms with E-state index in [-0.39, 0.29) is 31.8 Å². The molecular formula is C24H28ClF3N4O2. The van der Waals surface area contributed by atoms with Gasteiger partial charge in [0.2, 0.25) is 11.8 Å². The van der Waals surface area contributed by atoms with Gasteiger partial charge in [0, 0.05) is 47.9 Å². The highest BCUT2D eigenvalue weighted by Gasteiger charge is 2.67. The summed E-state index contributed by atoms with van der Waals surface area (Å²) < 4.78 is 41.6. The number of likely N-dealkylation sites (N-methyl/N-ethyl adjacent to an activating group) is 1. The number of carbonyl (C=O) groups excluding carboxylic acids is 2. The fourth-order valence-corrected chi connectivity index (χ4v) is 4.48. The molecule has 0 unspecified atom stereocenters. The van der Waals surface area contributed by atoms with E-state index in [2.05, 4.69) is 10.3 Å². The number of primary amides is 1. The molecule has 2 amide bonds. The lowest BCUT2D eigenvalue weighted by molar-refractivity contribution is -0.194. The number of halogens is 4. The zero-order valence-electron chi connectivity index (χ0n) is 19.0. The maximum atomic E-state index is 13.9. The van der Waals surface area contributed by atoms with Gasteiger partial charge in [0.15, 0.2) is 0 Å². The third-order valence-corrected chi connectivity index (χ3v) is 6.91. The minimum absolute atomic E-state index is 0.00343. The van der Waals surface area contributed by atoms with Crippen LogP contribution < -0.4 is 11.1 Å². The topological polar surface area (TPSA) is 88.3 Å². The minimum atomic E-state index is -4.40. The zero-order chi connectivity index (χ0) is 25.1. The molecule has 10 heteroatoms. The summed E-state index contributed by atoms with van der Waals surface area (Å²) in [6, 6.07) is 7.79. The average molecular weight is 497 g/mol. The minimum Gasteiger partial charge on any atom is -0.366 e. The Morgan fingerprint density at radius 2 is 1.97 bits per heavy atom. The van der Waals surface area contributed by atoms with Gasteiger partial charge >= 0.3 is 6.18 Å². The van der Waals surface area contributed by atoms with Crippen molar-refractivity contribution in [2.45, 2.75) is 43.8 Å². The van der Waals surface area contributed by atoms with Crippen molar-refractivity contribution in [1.29, 1.82) is 0 Å². The highest BCUT2D eigenvalue weighted by molar-refractivity contribution is 6.31. The second-order valence-corrected chi connectivity index (χ2v) is 9.40. The van der Waals surface area contributed by atoms with Crippen LogP contribution in [0.5, 0.6) is 0 Å². The van der Waals surface area contributed by atoms with Crippen molar-refractivity contribution in [3.8, 4) is 0 Å². The molecule has 6 nitrogen and oxygen atoms in total. The van der Waals surface area contributed by atoms with Crippen LogP contribution in [0.1, 0.15) is 46.7 Å². The number of alkyl halides is 3. The fraction of sp³-hybridized carbons (Fsp3) is 0.458. The number of hydrogen-bond donors (Lipinski definition) is 2. The van der Waals surface area contributed by atoms with Crippen LogP contribution in [0.3, 0.4) is 0 Å². The molecule has 0 bridgehead atoms. The quantitative estimate of drug-likeness (QED) is 0.521. The molecule has 1 aliphatic rings. The Kier molecular flexibility index (Phi) is 7.88. The molecule has 0 aliphatic heterocycles. The molecule has 2 atom stereocenters. The third kappa shape index (κ3) is 5.88. The molecule has 3 rings (SSSR count). The van der Waals surface area contributed by atoms with Gasteiger partial charge < -0.3 is 16.0 Å². The second kappa shape index (κ2) is 10.3. The van der Waals surface area contributed by atoms with Gasteiger partial charge in [-0.05, 0) is 62.7 Å². The van der Waals surface area contributed by atoms with E-state index >= 15 is 0 Å². The molecule has 1 fully saturated rings. The smallest absolute Gasteiger partial charge is 0.366 e. The highest BCUT2D eigenvalue weighted by Crippen LogP contribution is 2.66. The summed E-state index contributed by atoms with van der Waals surface area (Å²) in [6.07, 6.45) is -1.30. The molecule has 3 N–H and O–H groups in total. The molecule has 0 spiro atoms. The molecule has 1 aromatic heterocycles.